The number of hydrogen-bond acceptors (Lipinski definition) is 4. The summed E-state index contributed by atoms with van der Waals surface area (Å²) in [7, 11) is 2.03. The highest BCUT2D eigenvalue weighted by atomic mass is 16.5. The summed E-state index contributed by atoms with van der Waals surface area (Å²) in [5.41, 5.74) is 7.78. The number of nitrogens with zero attached hydrogens (tertiary/aromatic N) is 2. The second-order valence-corrected chi connectivity index (χ2v) is 4.43. The Bertz CT molecular complexity index is 452. The van der Waals surface area contributed by atoms with Crippen molar-refractivity contribution >= 4 is 11.4 Å². The molecule has 2 rings (SSSR count). The van der Waals surface area contributed by atoms with Gasteiger partial charge in [-0.2, -0.15) is 5.26 Å². The molecule has 1 aromatic rings. The molecule has 0 spiro atoms. The predicted octanol–water partition coefficient (Wildman–Crippen LogP) is 1.75. The van der Waals surface area contributed by atoms with Crippen molar-refractivity contribution < 1.29 is 4.74 Å². The van der Waals surface area contributed by atoms with Gasteiger partial charge in [-0.1, -0.05) is 0 Å². The molecule has 0 aliphatic carbocycles. The van der Waals surface area contributed by atoms with Gasteiger partial charge in [0.15, 0.2) is 0 Å². The fraction of sp³-hybridized carbons (Fsp3) is 0.462. The van der Waals surface area contributed by atoms with Gasteiger partial charge in [-0.05, 0) is 31.5 Å². The van der Waals surface area contributed by atoms with Crippen LogP contribution in [0.15, 0.2) is 18.2 Å². The highest BCUT2D eigenvalue weighted by Gasteiger charge is 2.28. The van der Waals surface area contributed by atoms with Gasteiger partial charge in [-0.25, -0.2) is 0 Å². The van der Waals surface area contributed by atoms with Crippen molar-refractivity contribution in [2.45, 2.75) is 25.5 Å². The van der Waals surface area contributed by atoms with Gasteiger partial charge in [0.25, 0.3) is 0 Å². The number of anilines is 2. The van der Waals surface area contributed by atoms with Gasteiger partial charge in [0.2, 0.25) is 0 Å². The first-order valence-electron chi connectivity index (χ1n) is 5.77. The molecule has 1 aromatic carbocycles. The van der Waals surface area contributed by atoms with Crippen LogP contribution < -0.4 is 10.6 Å². The molecule has 2 N–H and O–H groups in total. The summed E-state index contributed by atoms with van der Waals surface area (Å²) in [6.07, 6.45) is 1.24. The molecule has 1 fully saturated rings. The standard InChI is InChI=1S/C13H17N3O/c1-9-13(5-6-17-9)16(2)11-3-4-12(15)10(7-11)8-14/h3-4,7,9,13H,5-6,15H2,1-2H3. The molecule has 0 saturated carbocycles. The number of nitrogens with two attached hydrogens (primary N) is 1. The van der Waals surface area contributed by atoms with E-state index in [-0.39, 0.29) is 6.10 Å². The first kappa shape index (κ1) is 11.7. The molecule has 0 amide bonds. The van der Waals surface area contributed by atoms with E-state index in [1.54, 1.807) is 6.07 Å². The van der Waals surface area contributed by atoms with Crippen LogP contribution in [0.4, 0.5) is 11.4 Å². The van der Waals surface area contributed by atoms with Crippen molar-refractivity contribution in [3.05, 3.63) is 23.8 Å². The van der Waals surface area contributed by atoms with E-state index in [4.69, 9.17) is 15.7 Å². The maximum Gasteiger partial charge on any atom is 0.101 e. The number of nitriles is 1. The maximum atomic E-state index is 8.97. The van der Waals surface area contributed by atoms with Crippen LogP contribution in [-0.4, -0.2) is 25.8 Å². The summed E-state index contributed by atoms with van der Waals surface area (Å²) >= 11 is 0. The molecule has 0 aromatic heterocycles. The van der Waals surface area contributed by atoms with Gasteiger partial charge in [0.05, 0.1) is 17.7 Å². The molecule has 0 bridgehead atoms. The largest absolute Gasteiger partial charge is 0.398 e. The summed E-state index contributed by atoms with van der Waals surface area (Å²) in [6.45, 7) is 2.88. The normalized spacial score (nSPS) is 23.4. The number of hydrogen-bond donors (Lipinski definition) is 1. The van der Waals surface area contributed by atoms with E-state index in [1.165, 1.54) is 0 Å². The van der Waals surface area contributed by atoms with Crippen molar-refractivity contribution in [3.63, 3.8) is 0 Å². The number of rotatable bonds is 2. The average molecular weight is 231 g/mol. The van der Waals surface area contributed by atoms with Gasteiger partial charge in [0, 0.05) is 25.0 Å². The van der Waals surface area contributed by atoms with Crippen molar-refractivity contribution in [3.8, 4) is 6.07 Å². The molecular weight excluding hydrogens is 214 g/mol. The molecule has 1 saturated heterocycles. The minimum atomic E-state index is 0.225. The smallest absolute Gasteiger partial charge is 0.101 e. The Labute approximate surface area is 102 Å². The second kappa shape index (κ2) is 4.64. The monoisotopic (exact) mass is 231 g/mol. The first-order valence-corrected chi connectivity index (χ1v) is 5.77. The molecule has 2 atom stereocenters. The third kappa shape index (κ3) is 2.20. The zero-order valence-corrected chi connectivity index (χ0v) is 10.2. The number of benzene rings is 1. The first-order chi connectivity index (χ1) is 8.13. The van der Waals surface area contributed by atoms with Crippen LogP contribution in [-0.2, 0) is 4.74 Å². The van der Waals surface area contributed by atoms with E-state index in [0.717, 1.165) is 18.7 Å². The predicted molar refractivity (Wildman–Crippen MR) is 67.8 cm³/mol. The van der Waals surface area contributed by atoms with Crippen LogP contribution in [0, 0.1) is 11.3 Å². The zero-order chi connectivity index (χ0) is 12.4. The van der Waals surface area contributed by atoms with E-state index >= 15 is 0 Å². The molecule has 4 nitrogen and oxygen atoms in total. The lowest BCUT2D eigenvalue weighted by molar-refractivity contribution is 0.118. The van der Waals surface area contributed by atoms with E-state index < -0.39 is 0 Å². The Morgan fingerprint density at radius 3 is 2.88 bits per heavy atom. The Balaban J connectivity index is 2.25. The number of likely N-dealkylation sites (N-methyl/N-ethyl adjacent to an activating group) is 1. The lowest BCUT2D eigenvalue weighted by atomic mass is 10.1. The third-order valence-electron chi connectivity index (χ3n) is 3.40. The lowest BCUT2D eigenvalue weighted by Gasteiger charge is -2.29. The summed E-state index contributed by atoms with van der Waals surface area (Å²) in [5.74, 6) is 0. The SMILES string of the molecule is CC1OCCC1N(C)c1ccc(N)c(C#N)c1. The van der Waals surface area contributed by atoms with Crippen molar-refractivity contribution in [2.24, 2.45) is 0 Å². The fourth-order valence-corrected chi connectivity index (χ4v) is 2.28. The third-order valence-corrected chi connectivity index (χ3v) is 3.40. The lowest BCUT2D eigenvalue weighted by Crippen LogP contribution is -2.36. The van der Waals surface area contributed by atoms with Crippen molar-refractivity contribution in [1.82, 2.24) is 0 Å². The van der Waals surface area contributed by atoms with Gasteiger partial charge in [-0.3, -0.25) is 0 Å². The van der Waals surface area contributed by atoms with Gasteiger partial charge in [0.1, 0.15) is 6.07 Å². The van der Waals surface area contributed by atoms with Crippen LogP contribution in [0.5, 0.6) is 0 Å². The topological polar surface area (TPSA) is 62.3 Å². The summed E-state index contributed by atoms with van der Waals surface area (Å²) in [6, 6.07) is 8.04. The highest BCUT2D eigenvalue weighted by Crippen LogP contribution is 2.26. The highest BCUT2D eigenvalue weighted by molar-refractivity contribution is 5.63. The summed E-state index contributed by atoms with van der Waals surface area (Å²) in [4.78, 5) is 2.16. The Kier molecular flexibility index (Phi) is 3.21. The van der Waals surface area contributed by atoms with E-state index in [2.05, 4.69) is 17.9 Å². The molecule has 1 aliphatic heterocycles. The van der Waals surface area contributed by atoms with Gasteiger partial charge in [-0.15, -0.1) is 0 Å². The van der Waals surface area contributed by atoms with E-state index in [0.29, 0.717) is 17.3 Å². The van der Waals surface area contributed by atoms with Crippen molar-refractivity contribution in [2.75, 3.05) is 24.3 Å². The Hall–Kier alpha value is -1.73. The quantitative estimate of drug-likeness (QED) is 0.788. The number of ether oxygens (including phenoxy) is 1. The second-order valence-electron chi connectivity index (χ2n) is 4.43. The maximum absolute atomic E-state index is 8.97. The van der Waals surface area contributed by atoms with Gasteiger partial charge < -0.3 is 15.4 Å². The molecular formula is C13H17N3O. The molecule has 17 heavy (non-hydrogen) atoms. The van der Waals surface area contributed by atoms with Crippen LogP contribution in [0.3, 0.4) is 0 Å². The fourth-order valence-electron chi connectivity index (χ4n) is 2.28. The Morgan fingerprint density at radius 2 is 2.29 bits per heavy atom. The average Bonchev–Trinajstić information content (AvgIpc) is 2.75. The van der Waals surface area contributed by atoms with E-state index in [9.17, 15) is 0 Å². The zero-order valence-electron chi connectivity index (χ0n) is 10.2. The molecule has 0 radical (unpaired) electrons. The number of nitrogen functional groups attached to an aromatic ring is 1. The van der Waals surface area contributed by atoms with Crippen LogP contribution in [0.2, 0.25) is 0 Å². The van der Waals surface area contributed by atoms with Gasteiger partial charge >= 0.3 is 0 Å². The molecule has 4 heteroatoms. The molecule has 1 heterocycles. The molecule has 2 unspecified atom stereocenters. The summed E-state index contributed by atoms with van der Waals surface area (Å²) < 4.78 is 5.56. The van der Waals surface area contributed by atoms with Crippen LogP contribution in [0.25, 0.3) is 0 Å². The van der Waals surface area contributed by atoms with Crippen LogP contribution >= 0.6 is 0 Å². The molecule has 90 valence electrons. The minimum Gasteiger partial charge on any atom is -0.398 e. The summed E-state index contributed by atoms with van der Waals surface area (Å²) in [5, 5.41) is 8.97. The minimum absolute atomic E-state index is 0.225. The van der Waals surface area contributed by atoms with E-state index in [1.807, 2.05) is 19.2 Å². The van der Waals surface area contributed by atoms with Crippen LogP contribution in [0.1, 0.15) is 18.9 Å². The Morgan fingerprint density at radius 1 is 1.53 bits per heavy atom. The van der Waals surface area contributed by atoms with Crippen molar-refractivity contribution in [1.29, 1.82) is 5.26 Å². The molecule has 1 aliphatic rings.